The Kier molecular flexibility index (Phi) is 4.31. The molecule has 0 fully saturated rings. The second-order valence-electron chi connectivity index (χ2n) is 3.69. The maximum absolute atomic E-state index is 12.7. The summed E-state index contributed by atoms with van der Waals surface area (Å²) in [4.78, 5) is 2.84. The molecule has 0 nitrogen and oxygen atoms in total. The van der Waals surface area contributed by atoms with E-state index in [1.54, 1.807) is 6.07 Å². The van der Waals surface area contributed by atoms with Crippen molar-refractivity contribution in [3.63, 3.8) is 0 Å². The second kappa shape index (κ2) is 5.97. The minimum atomic E-state index is -4.36. The predicted molar refractivity (Wildman–Crippen MR) is 70.2 cm³/mol. The van der Waals surface area contributed by atoms with Crippen LogP contribution in [0.1, 0.15) is 11.1 Å². The fourth-order valence-electron chi connectivity index (χ4n) is 1.47. The van der Waals surface area contributed by atoms with Crippen LogP contribution < -0.4 is 4.46 Å². The standard InChI is InChI=1S/C15H9F3Se/c16-15(17,18)14-9-5-4-6-12(14)10-11-19-13-7-2-1-3-8-13/h1-9H. The summed E-state index contributed by atoms with van der Waals surface area (Å²) in [6.07, 6.45) is -4.36. The van der Waals surface area contributed by atoms with Crippen molar-refractivity contribution in [1.29, 1.82) is 0 Å². The fourth-order valence-corrected chi connectivity index (χ4v) is 2.67. The van der Waals surface area contributed by atoms with Crippen LogP contribution in [-0.4, -0.2) is 15.0 Å². The molecular weight excluding hydrogens is 316 g/mol. The third kappa shape index (κ3) is 3.89. The van der Waals surface area contributed by atoms with Crippen molar-refractivity contribution < 1.29 is 13.2 Å². The molecule has 19 heavy (non-hydrogen) atoms. The van der Waals surface area contributed by atoms with E-state index in [-0.39, 0.29) is 20.5 Å². The Labute approximate surface area is 115 Å². The van der Waals surface area contributed by atoms with Gasteiger partial charge in [-0.1, -0.05) is 0 Å². The van der Waals surface area contributed by atoms with E-state index in [2.05, 4.69) is 10.7 Å². The summed E-state index contributed by atoms with van der Waals surface area (Å²) in [5.74, 6) is 2.63. The van der Waals surface area contributed by atoms with Gasteiger partial charge in [-0.25, -0.2) is 0 Å². The van der Waals surface area contributed by atoms with Crippen LogP contribution in [0.5, 0.6) is 0 Å². The van der Waals surface area contributed by atoms with Crippen molar-refractivity contribution >= 4 is 19.4 Å². The molecule has 0 aliphatic carbocycles. The Morgan fingerprint density at radius 2 is 1.47 bits per heavy atom. The molecule has 96 valence electrons. The van der Waals surface area contributed by atoms with Crippen molar-refractivity contribution in [2.24, 2.45) is 0 Å². The van der Waals surface area contributed by atoms with Gasteiger partial charge in [-0.05, 0) is 0 Å². The van der Waals surface area contributed by atoms with E-state index in [9.17, 15) is 13.2 Å². The van der Waals surface area contributed by atoms with E-state index < -0.39 is 11.7 Å². The van der Waals surface area contributed by atoms with Crippen LogP contribution >= 0.6 is 0 Å². The number of halogens is 3. The summed E-state index contributed by atoms with van der Waals surface area (Å²) in [7, 11) is 0. The van der Waals surface area contributed by atoms with Gasteiger partial charge in [0.25, 0.3) is 0 Å². The van der Waals surface area contributed by atoms with Crippen molar-refractivity contribution in [2.45, 2.75) is 6.18 Å². The Hall–Kier alpha value is -1.69. The zero-order valence-corrected chi connectivity index (χ0v) is 11.5. The first-order valence-electron chi connectivity index (χ1n) is 5.46. The third-order valence-corrected chi connectivity index (χ3v) is 3.82. The van der Waals surface area contributed by atoms with Gasteiger partial charge >= 0.3 is 115 Å². The Balaban J connectivity index is 2.21. The molecule has 0 aromatic heterocycles. The number of alkyl halides is 3. The summed E-state index contributed by atoms with van der Waals surface area (Å²) >= 11 is -0.139. The van der Waals surface area contributed by atoms with E-state index >= 15 is 0 Å². The van der Waals surface area contributed by atoms with Gasteiger partial charge in [-0.15, -0.1) is 0 Å². The molecule has 0 spiro atoms. The van der Waals surface area contributed by atoms with E-state index in [1.165, 1.54) is 12.1 Å². The molecule has 0 saturated heterocycles. The van der Waals surface area contributed by atoms with Crippen molar-refractivity contribution in [3.8, 4) is 10.7 Å². The molecule has 0 atom stereocenters. The molecule has 2 rings (SSSR count). The number of hydrogen-bond acceptors (Lipinski definition) is 0. The van der Waals surface area contributed by atoms with Gasteiger partial charge in [0.15, 0.2) is 0 Å². The zero-order chi connectivity index (χ0) is 13.7. The molecule has 0 amide bonds. The molecule has 4 heteroatoms. The van der Waals surface area contributed by atoms with Crippen LogP contribution in [0.15, 0.2) is 54.6 Å². The Morgan fingerprint density at radius 1 is 0.842 bits per heavy atom. The van der Waals surface area contributed by atoms with E-state index in [0.717, 1.165) is 10.5 Å². The fraction of sp³-hybridized carbons (Fsp3) is 0.0667. The molecule has 0 unspecified atom stereocenters. The molecule has 0 aliphatic rings. The summed E-state index contributed by atoms with van der Waals surface area (Å²) in [6.45, 7) is 0. The third-order valence-electron chi connectivity index (χ3n) is 2.33. The number of hydrogen-bond donors (Lipinski definition) is 0. The second-order valence-corrected chi connectivity index (χ2v) is 5.53. The van der Waals surface area contributed by atoms with Gasteiger partial charge in [-0.2, -0.15) is 0 Å². The van der Waals surface area contributed by atoms with Crippen molar-refractivity contribution in [2.75, 3.05) is 0 Å². The van der Waals surface area contributed by atoms with Crippen LogP contribution in [0, 0.1) is 10.7 Å². The molecule has 0 radical (unpaired) electrons. The van der Waals surface area contributed by atoms with Gasteiger partial charge in [0.05, 0.1) is 0 Å². The van der Waals surface area contributed by atoms with E-state index in [4.69, 9.17) is 0 Å². The van der Waals surface area contributed by atoms with Crippen LogP contribution in [0.25, 0.3) is 0 Å². The molecular formula is C15H9F3Se. The van der Waals surface area contributed by atoms with Crippen LogP contribution in [0.3, 0.4) is 0 Å². The average Bonchev–Trinajstić information content (AvgIpc) is 2.39. The predicted octanol–water partition coefficient (Wildman–Crippen LogP) is 3.04. The SMILES string of the molecule is FC(F)(F)c1ccccc1C#C[Se]c1ccccc1. The van der Waals surface area contributed by atoms with E-state index in [0.29, 0.717) is 0 Å². The minimum absolute atomic E-state index is 0.0350. The van der Waals surface area contributed by atoms with Gasteiger partial charge in [-0.3, -0.25) is 0 Å². The first-order valence-corrected chi connectivity index (χ1v) is 7.18. The summed E-state index contributed by atoms with van der Waals surface area (Å²) in [5, 5.41) is 0. The molecule has 2 aromatic rings. The Bertz CT molecular complexity index is 607. The molecule has 0 heterocycles. The molecule has 0 bridgehead atoms. The molecule has 0 aliphatic heterocycles. The summed E-state index contributed by atoms with van der Waals surface area (Å²) in [6, 6.07) is 14.9. The number of benzene rings is 2. The van der Waals surface area contributed by atoms with E-state index in [1.807, 2.05) is 30.3 Å². The summed E-state index contributed by atoms with van der Waals surface area (Å²) in [5.41, 5.74) is -0.640. The molecule has 0 saturated carbocycles. The first-order chi connectivity index (χ1) is 9.07. The average molecular weight is 325 g/mol. The van der Waals surface area contributed by atoms with Crippen LogP contribution in [0.4, 0.5) is 13.2 Å². The number of rotatable bonds is 1. The van der Waals surface area contributed by atoms with Crippen molar-refractivity contribution in [3.05, 3.63) is 65.7 Å². The first kappa shape index (κ1) is 13.7. The van der Waals surface area contributed by atoms with Gasteiger partial charge < -0.3 is 0 Å². The molecule has 2 aromatic carbocycles. The Morgan fingerprint density at radius 3 is 2.16 bits per heavy atom. The topological polar surface area (TPSA) is 0 Å². The summed E-state index contributed by atoms with van der Waals surface area (Å²) < 4.78 is 39.3. The quantitative estimate of drug-likeness (QED) is 0.558. The van der Waals surface area contributed by atoms with Crippen LogP contribution in [0.2, 0.25) is 0 Å². The van der Waals surface area contributed by atoms with Crippen LogP contribution in [-0.2, 0) is 6.18 Å². The van der Waals surface area contributed by atoms with Gasteiger partial charge in [0.2, 0.25) is 0 Å². The van der Waals surface area contributed by atoms with Gasteiger partial charge in [0.1, 0.15) is 0 Å². The van der Waals surface area contributed by atoms with Crippen molar-refractivity contribution in [1.82, 2.24) is 0 Å². The normalized spacial score (nSPS) is 10.7. The molecule has 0 N–H and O–H groups in total. The van der Waals surface area contributed by atoms with Gasteiger partial charge in [0, 0.05) is 0 Å². The zero-order valence-electron chi connectivity index (χ0n) is 9.74. The monoisotopic (exact) mass is 326 g/mol. The maximum atomic E-state index is 12.7.